The van der Waals surface area contributed by atoms with Gasteiger partial charge in [-0.3, -0.25) is 9.59 Å². The molecule has 4 rings (SSSR count). The van der Waals surface area contributed by atoms with Crippen LogP contribution in [0.3, 0.4) is 0 Å². The fraction of sp³-hybridized carbons (Fsp3) is 0.346. The average Bonchev–Trinajstić information content (AvgIpc) is 2.85. The number of hydrogen-bond acceptors (Lipinski definition) is 6. The van der Waals surface area contributed by atoms with Crippen molar-refractivity contribution in [2.24, 2.45) is 0 Å². The third-order valence-corrected chi connectivity index (χ3v) is 5.74. The Bertz CT molecular complexity index is 1130. The molecular weight excluding hydrogens is 430 g/mol. The molecule has 1 atom stereocenters. The van der Waals surface area contributed by atoms with E-state index in [1.165, 1.54) is 16.3 Å². The van der Waals surface area contributed by atoms with Crippen LogP contribution in [0.25, 0.3) is 0 Å². The zero-order valence-corrected chi connectivity index (χ0v) is 19.2. The summed E-state index contributed by atoms with van der Waals surface area (Å²) in [6.07, 6.45) is 5.70. The molecule has 3 N–H and O–H groups in total. The average molecular weight is 462 g/mol. The molecule has 2 aromatic carbocycles. The third-order valence-electron chi connectivity index (χ3n) is 5.74. The zero-order valence-electron chi connectivity index (χ0n) is 19.2. The van der Waals surface area contributed by atoms with Crippen molar-refractivity contribution in [1.29, 1.82) is 0 Å². The number of benzene rings is 2. The maximum atomic E-state index is 13.0. The molecule has 0 aliphatic carbocycles. The molecule has 0 saturated heterocycles. The molecule has 0 fully saturated rings. The molecule has 0 saturated carbocycles. The van der Waals surface area contributed by atoms with Gasteiger partial charge in [-0.05, 0) is 37.4 Å². The van der Waals surface area contributed by atoms with E-state index in [9.17, 15) is 9.59 Å². The number of nitrogens with zero attached hydrogens (tertiary/aromatic N) is 2. The van der Waals surface area contributed by atoms with Gasteiger partial charge in [0.15, 0.2) is 5.82 Å². The van der Waals surface area contributed by atoms with Gasteiger partial charge in [0.25, 0.3) is 5.56 Å². The highest BCUT2D eigenvalue weighted by Gasteiger charge is 2.15. The van der Waals surface area contributed by atoms with Crippen molar-refractivity contribution in [2.45, 2.75) is 38.4 Å². The molecule has 1 aliphatic rings. The van der Waals surface area contributed by atoms with Crippen molar-refractivity contribution in [2.75, 3.05) is 25.0 Å². The van der Waals surface area contributed by atoms with E-state index in [4.69, 9.17) is 4.74 Å². The predicted octanol–water partition coefficient (Wildman–Crippen LogP) is 2.35. The fourth-order valence-electron chi connectivity index (χ4n) is 3.94. The topological polar surface area (TPSA) is 97.3 Å². The molecular formula is C26H31N5O3. The second-order valence-corrected chi connectivity index (χ2v) is 8.38. The van der Waals surface area contributed by atoms with E-state index in [0.29, 0.717) is 19.7 Å². The van der Waals surface area contributed by atoms with Gasteiger partial charge in [-0.15, -0.1) is 0 Å². The summed E-state index contributed by atoms with van der Waals surface area (Å²) in [5.41, 5.74) is 1.76. The lowest BCUT2D eigenvalue weighted by Gasteiger charge is -2.20. The first-order valence-electron chi connectivity index (χ1n) is 11.7. The lowest BCUT2D eigenvalue weighted by molar-refractivity contribution is -0.121. The maximum absolute atomic E-state index is 13.0. The Labute approximate surface area is 199 Å². The first kappa shape index (κ1) is 23.5. The Morgan fingerprint density at radius 2 is 1.85 bits per heavy atom. The number of rotatable bonds is 2. The number of nitrogens with one attached hydrogen (secondary N) is 3. The van der Waals surface area contributed by atoms with E-state index < -0.39 is 0 Å². The first-order valence-corrected chi connectivity index (χ1v) is 11.7. The van der Waals surface area contributed by atoms with Crippen molar-refractivity contribution < 1.29 is 9.53 Å². The van der Waals surface area contributed by atoms with Gasteiger partial charge in [-0.2, -0.15) is 0 Å². The second kappa shape index (κ2) is 12.0. The summed E-state index contributed by atoms with van der Waals surface area (Å²) in [4.78, 5) is 29.9. The number of aromatic nitrogens is 2. The van der Waals surface area contributed by atoms with Gasteiger partial charge >= 0.3 is 0 Å². The number of anilines is 1. The van der Waals surface area contributed by atoms with Crippen LogP contribution in [0.5, 0.6) is 5.75 Å². The number of ether oxygens (including phenoxy) is 1. The van der Waals surface area contributed by atoms with Crippen LogP contribution < -0.4 is 26.2 Å². The Hall–Kier alpha value is -3.65. The molecule has 8 nitrogen and oxygen atoms in total. The number of carbonyl (C=O) groups is 1. The van der Waals surface area contributed by atoms with Gasteiger partial charge in [0.05, 0.1) is 6.61 Å². The Balaban J connectivity index is 1.53. The Kier molecular flexibility index (Phi) is 8.29. The van der Waals surface area contributed by atoms with Crippen LogP contribution in [0.4, 0.5) is 5.82 Å². The van der Waals surface area contributed by atoms with Gasteiger partial charge in [0.1, 0.15) is 12.3 Å². The molecule has 1 amide bonds. The Morgan fingerprint density at radius 1 is 1.03 bits per heavy atom. The van der Waals surface area contributed by atoms with E-state index in [0.717, 1.165) is 37.1 Å². The maximum Gasteiger partial charge on any atom is 0.293 e. The quantitative estimate of drug-likeness (QED) is 0.542. The lowest BCUT2D eigenvalue weighted by atomic mass is 10.1. The van der Waals surface area contributed by atoms with Crippen LogP contribution in [0.2, 0.25) is 0 Å². The molecule has 8 heteroatoms. The molecule has 3 aromatic rings. The highest BCUT2D eigenvalue weighted by molar-refractivity contribution is 5.75. The predicted molar refractivity (Wildman–Crippen MR) is 132 cm³/mol. The smallest absolute Gasteiger partial charge is 0.293 e. The lowest BCUT2D eigenvalue weighted by Crippen LogP contribution is -2.39. The van der Waals surface area contributed by atoms with Crippen molar-refractivity contribution in [1.82, 2.24) is 20.2 Å². The number of hydrogen-bond donors (Lipinski definition) is 3. The van der Waals surface area contributed by atoms with E-state index in [2.05, 4.69) is 33.1 Å². The molecule has 0 radical (unpaired) electrons. The minimum atomic E-state index is -0.319. The highest BCUT2D eigenvalue weighted by atomic mass is 16.5. The summed E-state index contributed by atoms with van der Waals surface area (Å²) in [6, 6.07) is 17.8. The van der Waals surface area contributed by atoms with Crippen molar-refractivity contribution in [3.8, 4) is 5.75 Å². The van der Waals surface area contributed by atoms with Crippen LogP contribution in [-0.4, -0.2) is 41.2 Å². The number of amides is 1. The summed E-state index contributed by atoms with van der Waals surface area (Å²) >= 11 is 0. The normalized spacial score (nSPS) is 17.8. The van der Waals surface area contributed by atoms with Gasteiger partial charge in [-0.1, -0.05) is 48.5 Å². The molecule has 1 aromatic heterocycles. The fourth-order valence-corrected chi connectivity index (χ4v) is 3.94. The summed E-state index contributed by atoms with van der Waals surface area (Å²) in [6.45, 7) is 2.39. The van der Waals surface area contributed by atoms with Crippen LogP contribution in [0.15, 0.2) is 71.8 Å². The molecule has 178 valence electrons. The number of carbonyl (C=O) groups excluding carboxylic acids is 1. The van der Waals surface area contributed by atoms with Gasteiger partial charge < -0.3 is 25.3 Å². The number of fused-ring (bicyclic) bond motifs is 3. The van der Waals surface area contributed by atoms with E-state index in [1.54, 1.807) is 6.20 Å². The third kappa shape index (κ3) is 6.68. The molecule has 1 unspecified atom stereocenters. The van der Waals surface area contributed by atoms with Crippen molar-refractivity contribution in [3.63, 3.8) is 0 Å². The summed E-state index contributed by atoms with van der Waals surface area (Å²) in [7, 11) is 0. The first-order chi connectivity index (χ1) is 16.7. The summed E-state index contributed by atoms with van der Waals surface area (Å²) < 4.78 is 7.35. The SMILES string of the molecule is O=C1Cn2ccnc(c2=O)NC(Cc2ccccc2)CNCCCCOc2ccccc2CN1. The van der Waals surface area contributed by atoms with Crippen LogP contribution in [-0.2, 0) is 24.3 Å². The van der Waals surface area contributed by atoms with E-state index in [-0.39, 0.29) is 29.9 Å². The van der Waals surface area contributed by atoms with E-state index >= 15 is 0 Å². The van der Waals surface area contributed by atoms with Gasteiger partial charge in [0.2, 0.25) is 5.91 Å². The molecule has 1 aliphatic heterocycles. The minimum absolute atomic E-state index is 0.0331. The number of para-hydroxylation sites is 1. The van der Waals surface area contributed by atoms with E-state index in [1.807, 2.05) is 42.5 Å². The minimum Gasteiger partial charge on any atom is -0.493 e. The molecule has 2 heterocycles. The second-order valence-electron chi connectivity index (χ2n) is 8.38. The largest absolute Gasteiger partial charge is 0.493 e. The van der Waals surface area contributed by atoms with Crippen LogP contribution in [0, 0.1) is 0 Å². The van der Waals surface area contributed by atoms with Gasteiger partial charge in [0, 0.05) is 37.1 Å². The highest BCUT2D eigenvalue weighted by Crippen LogP contribution is 2.18. The standard InChI is InChI=1S/C26H31N5O3/c32-24-19-31-14-13-28-25(26(31)33)30-22(16-20-8-2-1-3-9-20)18-27-12-6-7-15-34-23-11-5-4-10-21(23)17-29-24/h1-5,8-11,13-14,22,27H,6-7,12,15-19H2,(H,28,30)(H,29,32). The zero-order chi connectivity index (χ0) is 23.6. The molecule has 34 heavy (non-hydrogen) atoms. The Morgan fingerprint density at radius 3 is 2.74 bits per heavy atom. The van der Waals surface area contributed by atoms with Crippen LogP contribution >= 0.6 is 0 Å². The van der Waals surface area contributed by atoms with Crippen LogP contribution in [0.1, 0.15) is 24.0 Å². The monoisotopic (exact) mass is 461 g/mol. The summed E-state index contributed by atoms with van der Waals surface area (Å²) in [5.74, 6) is 0.767. The summed E-state index contributed by atoms with van der Waals surface area (Å²) in [5, 5.41) is 9.69. The molecule has 0 spiro atoms. The van der Waals surface area contributed by atoms with Crippen molar-refractivity contribution >= 4 is 11.7 Å². The van der Waals surface area contributed by atoms with Crippen molar-refractivity contribution in [3.05, 3.63) is 88.5 Å². The molecule has 2 bridgehead atoms. The van der Waals surface area contributed by atoms with Gasteiger partial charge in [-0.25, -0.2) is 4.98 Å².